The number of hydrogen-bond acceptors (Lipinski definition) is 4. The lowest BCUT2D eigenvalue weighted by Gasteiger charge is -2.19. The average Bonchev–Trinajstić information content (AvgIpc) is 2.86. The van der Waals surface area contributed by atoms with Crippen LogP contribution in [0.4, 0.5) is 0 Å². The molecule has 19 heavy (non-hydrogen) atoms. The Bertz CT molecular complexity index is 493. The second-order valence-corrected chi connectivity index (χ2v) is 5.60. The minimum absolute atomic E-state index is 0.111. The van der Waals surface area contributed by atoms with Gasteiger partial charge >= 0.3 is 5.97 Å². The van der Waals surface area contributed by atoms with Crippen LogP contribution in [0.15, 0.2) is 18.3 Å². The zero-order chi connectivity index (χ0) is 13.8. The maximum Gasteiger partial charge on any atom is 0.354 e. The summed E-state index contributed by atoms with van der Waals surface area (Å²) in [7, 11) is 0. The molecule has 1 aliphatic rings. The zero-order valence-corrected chi connectivity index (χ0v) is 11.4. The van der Waals surface area contributed by atoms with Crippen LogP contribution in [0.3, 0.4) is 0 Å². The Hall–Kier alpha value is -1.56. The summed E-state index contributed by atoms with van der Waals surface area (Å²) in [5.74, 6) is -1.35. The lowest BCUT2D eigenvalue weighted by Crippen LogP contribution is -2.38. The molecule has 1 fully saturated rings. The summed E-state index contributed by atoms with van der Waals surface area (Å²) < 4.78 is 0. The fourth-order valence-corrected chi connectivity index (χ4v) is 3.25. The normalized spacial score (nSPS) is 22.2. The van der Waals surface area contributed by atoms with Crippen LogP contribution >= 0.6 is 11.8 Å². The predicted octanol–water partition coefficient (Wildman–Crippen LogP) is 1.79. The van der Waals surface area contributed by atoms with E-state index in [2.05, 4.69) is 10.3 Å². The number of carboxylic acid groups (broad SMARTS) is 1. The van der Waals surface area contributed by atoms with E-state index >= 15 is 0 Å². The minimum Gasteiger partial charge on any atom is -0.477 e. The van der Waals surface area contributed by atoms with Crippen LogP contribution in [0.25, 0.3) is 0 Å². The van der Waals surface area contributed by atoms with Crippen LogP contribution in [0.5, 0.6) is 0 Å². The van der Waals surface area contributed by atoms with Crippen molar-refractivity contribution >= 4 is 23.6 Å². The SMILES string of the molecule is CSC1CCCC1NC(=O)c1ccnc(C(=O)O)c1. The van der Waals surface area contributed by atoms with Crippen LogP contribution in [0.2, 0.25) is 0 Å². The van der Waals surface area contributed by atoms with Crippen molar-refractivity contribution in [1.29, 1.82) is 0 Å². The zero-order valence-electron chi connectivity index (χ0n) is 10.6. The maximum absolute atomic E-state index is 12.1. The van der Waals surface area contributed by atoms with E-state index in [1.165, 1.54) is 18.3 Å². The smallest absolute Gasteiger partial charge is 0.354 e. The van der Waals surface area contributed by atoms with Gasteiger partial charge in [-0.05, 0) is 31.2 Å². The molecule has 0 saturated heterocycles. The molecule has 5 nitrogen and oxygen atoms in total. The number of carbonyl (C=O) groups excluding carboxylic acids is 1. The number of carbonyl (C=O) groups is 2. The third kappa shape index (κ3) is 3.26. The summed E-state index contributed by atoms with van der Waals surface area (Å²) in [6.45, 7) is 0. The Balaban J connectivity index is 2.07. The highest BCUT2D eigenvalue weighted by Crippen LogP contribution is 2.28. The van der Waals surface area contributed by atoms with Crippen molar-refractivity contribution in [2.45, 2.75) is 30.6 Å². The highest BCUT2D eigenvalue weighted by Gasteiger charge is 2.28. The molecule has 102 valence electrons. The van der Waals surface area contributed by atoms with Crippen LogP contribution in [-0.2, 0) is 0 Å². The van der Waals surface area contributed by atoms with Crippen LogP contribution in [-0.4, -0.2) is 39.5 Å². The largest absolute Gasteiger partial charge is 0.477 e. The molecule has 0 aromatic carbocycles. The topological polar surface area (TPSA) is 79.3 Å². The Morgan fingerprint density at radius 2 is 2.26 bits per heavy atom. The minimum atomic E-state index is -1.13. The first-order valence-corrected chi connectivity index (χ1v) is 7.43. The van der Waals surface area contributed by atoms with E-state index in [-0.39, 0.29) is 17.6 Å². The highest BCUT2D eigenvalue weighted by atomic mass is 32.2. The average molecular weight is 280 g/mol. The van der Waals surface area contributed by atoms with Crippen molar-refractivity contribution in [3.8, 4) is 0 Å². The van der Waals surface area contributed by atoms with Gasteiger partial charge < -0.3 is 10.4 Å². The van der Waals surface area contributed by atoms with Gasteiger partial charge in [0.2, 0.25) is 0 Å². The van der Waals surface area contributed by atoms with E-state index in [4.69, 9.17) is 5.11 Å². The number of amides is 1. The first kappa shape index (κ1) is 13.9. The third-order valence-electron chi connectivity index (χ3n) is 3.31. The molecule has 2 rings (SSSR count). The molecule has 0 radical (unpaired) electrons. The van der Waals surface area contributed by atoms with Crippen molar-refractivity contribution < 1.29 is 14.7 Å². The van der Waals surface area contributed by atoms with E-state index in [9.17, 15) is 9.59 Å². The van der Waals surface area contributed by atoms with E-state index < -0.39 is 5.97 Å². The van der Waals surface area contributed by atoms with E-state index in [1.807, 2.05) is 6.26 Å². The predicted molar refractivity (Wildman–Crippen MR) is 73.6 cm³/mol. The van der Waals surface area contributed by atoms with Gasteiger partial charge in [-0.1, -0.05) is 6.42 Å². The summed E-state index contributed by atoms with van der Waals surface area (Å²) in [6, 6.07) is 3.01. The molecule has 1 saturated carbocycles. The van der Waals surface area contributed by atoms with Crippen molar-refractivity contribution in [3.05, 3.63) is 29.6 Å². The van der Waals surface area contributed by atoms with Gasteiger partial charge in [-0.25, -0.2) is 9.78 Å². The molecule has 1 aromatic heterocycles. The Morgan fingerprint density at radius 3 is 2.95 bits per heavy atom. The standard InChI is InChI=1S/C13H16N2O3S/c1-19-11-4-2-3-9(11)15-12(16)8-5-6-14-10(7-8)13(17)18/h5-7,9,11H,2-4H2,1H3,(H,15,16)(H,17,18). The maximum atomic E-state index is 12.1. The summed E-state index contributed by atoms with van der Waals surface area (Å²) in [5.41, 5.74) is 0.236. The molecule has 2 N–H and O–H groups in total. The van der Waals surface area contributed by atoms with Gasteiger partial charge in [-0.3, -0.25) is 4.79 Å². The molecule has 0 aliphatic heterocycles. The first-order chi connectivity index (χ1) is 9.11. The number of rotatable bonds is 4. The van der Waals surface area contributed by atoms with Gasteiger partial charge in [0, 0.05) is 23.1 Å². The number of aromatic nitrogens is 1. The van der Waals surface area contributed by atoms with E-state index in [0.29, 0.717) is 10.8 Å². The van der Waals surface area contributed by atoms with Gasteiger partial charge in [0.05, 0.1) is 0 Å². The van der Waals surface area contributed by atoms with Crippen molar-refractivity contribution in [2.75, 3.05) is 6.26 Å². The molecular formula is C13H16N2O3S. The molecular weight excluding hydrogens is 264 g/mol. The lowest BCUT2D eigenvalue weighted by molar-refractivity contribution is 0.0690. The molecule has 1 amide bonds. The fourth-order valence-electron chi connectivity index (χ4n) is 2.31. The molecule has 2 atom stereocenters. The van der Waals surface area contributed by atoms with Crippen molar-refractivity contribution in [2.24, 2.45) is 0 Å². The second kappa shape index (κ2) is 6.06. The van der Waals surface area contributed by atoms with E-state index in [1.54, 1.807) is 11.8 Å². The van der Waals surface area contributed by atoms with Gasteiger partial charge in [0.15, 0.2) is 0 Å². The van der Waals surface area contributed by atoms with Crippen LogP contribution < -0.4 is 5.32 Å². The molecule has 2 unspecified atom stereocenters. The summed E-state index contributed by atoms with van der Waals surface area (Å²) in [5, 5.41) is 12.3. The molecule has 1 aliphatic carbocycles. The first-order valence-electron chi connectivity index (χ1n) is 6.15. The molecule has 1 heterocycles. The fraction of sp³-hybridized carbons (Fsp3) is 0.462. The number of aromatic carboxylic acids is 1. The van der Waals surface area contributed by atoms with Crippen molar-refractivity contribution in [3.63, 3.8) is 0 Å². The Morgan fingerprint density at radius 1 is 1.47 bits per heavy atom. The second-order valence-electron chi connectivity index (χ2n) is 4.52. The number of thioether (sulfide) groups is 1. The molecule has 0 spiro atoms. The van der Waals surface area contributed by atoms with E-state index in [0.717, 1.165) is 19.3 Å². The van der Waals surface area contributed by atoms with Crippen LogP contribution in [0, 0.1) is 0 Å². The Labute approximate surface area is 115 Å². The molecule has 0 bridgehead atoms. The Kier molecular flexibility index (Phi) is 4.42. The highest BCUT2D eigenvalue weighted by molar-refractivity contribution is 7.99. The van der Waals surface area contributed by atoms with Gasteiger partial charge in [-0.15, -0.1) is 0 Å². The quantitative estimate of drug-likeness (QED) is 0.879. The summed E-state index contributed by atoms with van der Waals surface area (Å²) in [4.78, 5) is 26.6. The third-order valence-corrected chi connectivity index (χ3v) is 4.48. The molecule has 1 aromatic rings. The van der Waals surface area contributed by atoms with Gasteiger partial charge in [-0.2, -0.15) is 11.8 Å². The number of nitrogens with one attached hydrogen (secondary N) is 1. The monoisotopic (exact) mass is 280 g/mol. The lowest BCUT2D eigenvalue weighted by atomic mass is 10.2. The number of nitrogens with zero attached hydrogens (tertiary/aromatic N) is 1. The van der Waals surface area contributed by atoms with Gasteiger partial charge in [0.25, 0.3) is 5.91 Å². The molecule has 6 heteroatoms. The van der Waals surface area contributed by atoms with Crippen LogP contribution in [0.1, 0.15) is 40.1 Å². The number of hydrogen-bond donors (Lipinski definition) is 2. The number of carboxylic acids is 1. The summed E-state index contributed by atoms with van der Waals surface area (Å²) in [6.07, 6.45) is 6.60. The number of pyridine rings is 1. The summed E-state index contributed by atoms with van der Waals surface area (Å²) >= 11 is 1.76. The van der Waals surface area contributed by atoms with Crippen molar-refractivity contribution in [1.82, 2.24) is 10.3 Å². The van der Waals surface area contributed by atoms with Gasteiger partial charge in [0.1, 0.15) is 5.69 Å².